The van der Waals surface area contributed by atoms with Gasteiger partial charge in [0.1, 0.15) is 0 Å². The van der Waals surface area contributed by atoms with Gasteiger partial charge in [-0.1, -0.05) is 115 Å². The Balaban J connectivity index is 1.74. The van der Waals surface area contributed by atoms with Gasteiger partial charge in [0.2, 0.25) is 0 Å². The number of fused-ring (bicyclic) bond motifs is 4. The van der Waals surface area contributed by atoms with Gasteiger partial charge in [0.05, 0.1) is 11.4 Å². The lowest BCUT2D eigenvalue weighted by atomic mass is 9.86. The molecule has 1 aliphatic rings. The molecule has 1 aliphatic heterocycles. The monoisotopic (exact) mass is 449 g/mol. The van der Waals surface area contributed by atoms with Crippen molar-refractivity contribution < 1.29 is 0 Å². The largest absolute Gasteiger partial charge is 0.309 e. The minimum absolute atomic E-state index is 1.18. The highest BCUT2D eigenvalue weighted by molar-refractivity contribution is 6.14. The molecular weight excluding hydrogens is 422 g/mol. The van der Waals surface area contributed by atoms with E-state index in [2.05, 4.69) is 146 Å². The molecule has 0 aliphatic carbocycles. The van der Waals surface area contributed by atoms with Crippen molar-refractivity contribution in [1.29, 1.82) is 0 Å². The molecule has 0 aromatic heterocycles. The number of rotatable bonds is 3. The molecule has 0 saturated carbocycles. The van der Waals surface area contributed by atoms with E-state index in [0.717, 1.165) is 0 Å². The molecule has 5 aromatic rings. The van der Waals surface area contributed by atoms with Crippen LogP contribution >= 0.6 is 0 Å². The first kappa shape index (κ1) is 21.2. The van der Waals surface area contributed by atoms with Crippen LogP contribution in [0.25, 0.3) is 38.9 Å². The molecule has 1 nitrogen and oxygen atoms in total. The first-order valence-corrected chi connectivity index (χ1v) is 12.2. The number of allylic oxidation sites excluding steroid dienone is 2. The summed E-state index contributed by atoms with van der Waals surface area (Å²) in [5, 5.41) is 2.51. The summed E-state index contributed by atoms with van der Waals surface area (Å²) >= 11 is 0. The smallest absolute Gasteiger partial charge is 0.0575 e. The van der Waals surface area contributed by atoms with Crippen LogP contribution in [0.3, 0.4) is 0 Å². The molecule has 35 heavy (non-hydrogen) atoms. The summed E-state index contributed by atoms with van der Waals surface area (Å²) in [7, 11) is 0. The van der Waals surface area contributed by atoms with Gasteiger partial charge in [-0.3, -0.25) is 0 Å². The van der Waals surface area contributed by atoms with Gasteiger partial charge in [-0.2, -0.15) is 0 Å². The van der Waals surface area contributed by atoms with Gasteiger partial charge >= 0.3 is 0 Å². The van der Waals surface area contributed by atoms with Crippen molar-refractivity contribution in [2.45, 2.75) is 13.8 Å². The molecular formula is C34H27N. The molecule has 0 bridgehead atoms. The van der Waals surface area contributed by atoms with Crippen LogP contribution in [0.2, 0.25) is 0 Å². The molecule has 0 unspecified atom stereocenters. The van der Waals surface area contributed by atoms with E-state index in [0.29, 0.717) is 0 Å². The van der Waals surface area contributed by atoms with E-state index in [-0.39, 0.29) is 0 Å². The van der Waals surface area contributed by atoms with Crippen LogP contribution < -0.4 is 4.90 Å². The third-order valence-corrected chi connectivity index (χ3v) is 6.95. The van der Waals surface area contributed by atoms with Crippen molar-refractivity contribution in [3.8, 4) is 11.1 Å². The van der Waals surface area contributed by atoms with Gasteiger partial charge in [0, 0.05) is 16.8 Å². The molecule has 0 amide bonds. The molecule has 0 fully saturated rings. The van der Waals surface area contributed by atoms with Crippen LogP contribution in [0.5, 0.6) is 0 Å². The summed E-state index contributed by atoms with van der Waals surface area (Å²) < 4.78 is 0. The zero-order chi connectivity index (χ0) is 23.8. The topological polar surface area (TPSA) is 3.24 Å². The zero-order valence-electron chi connectivity index (χ0n) is 20.1. The Bertz CT molecular complexity index is 1590. The first-order chi connectivity index (χ1) is 17.3. The molecule has 168 valence electrons. The molecule has 5 aromatic carbocycles. The van der Waals surface area contributed by atoms with Crippen LogP contribution in [0.1, 0.15) is 30.5 Å². The summed E-state index contributed by atoms with van der Waals surface area (Å²) in [4.78, 5) is 2.47. The quantitative estimate of drug-likeness (QED) is 0.265. The van der Waals surface area contributed by atoms with Gasteiger partial charge in [-0.25, -0.2) is 0 Å². The van der Waals surface area contributed by atoms with E-state index in [1.165, 1.54) is 61.2 Å². The Morgan fingerprint density at radius 2 is 1.11 bits per heavy atom. The van der Waals surface area contributed by atoms with Gasteiger partial charge in [-0.15, -0.1) is 0 Å². The number of benzene rings is 5. The zero-order valence-corrected chi connectivity index (χ0v) is 20.1. The Morgan fingerprint density at radius 1 is 0.571 bits per heavy atom. The fourth-order valence-corrected chi connectivity index (χ4v) is 5.27. The fourth-order valence-electron chi connectivity index (χ4n) is 5.27. The van der Waals surface area contributed by atoms with Crippen molar-refractivity contribution in [2.24, 2.45) is 0 Å². The summed E-state index contributed by atoms with van der Waals surface area (Å²) in [6.45, 7) is 4.39. The molecule has 0 saturated heterocycles. The van der Waals surface area contributed by atoms with Crippen LogP contribution in [0.4, 0.5) is 5.69 Å². The molecule has 1 heterocycles. The molecule has 6 rings (SSSR count). The average molecular weight is 450 g/mol. The fraction of sp³-hybridized carbons (Fsp3) is 0.0588. The lowest BCUT2D eigenvalue weighted by Gasteiger charge is -2.38. The second-order valence-electron chi connectivity index (χ2n) is 8.98. The van der Waals surface area contributed by atoms with Crippen molar-refractivity contribution >= 4 is 33.4 Å². The van der Waals surface area contributed by atoms with Crippen molar-refractivity contribution in [1.82, 2.24) is 0 Å². The van der Waals surface area contributed by atoms with Crippen molar-refractivity contribution in [3.63, 3.8) is 0 Å². The number of hydrogen-bond donors (Lipinski definition) is 0. The van der Waals surface area contributed by atoms with E-state index in [9.17, 15) is 0 Å². The van der Waals surface area contributed by atoms with Crippen LogP contribution in [0, 0.1) is 0 Å². The highest BCUT2D eigenvalue weighted by atomic mass is 15.2. The summed E-state index contributed by atoms with van der Waals surface area (Å²) in [6, 6.07) is 43.6. The average Bonchev–Trinajstić information content (AvgIpc) is 2.93. The van der Waals surface area contributed by atoms with E-state index in [1.807, 2.05) is 0 Å². The Labute approximate surface area is 207 Å². The van der Waals surface area contributed by atoms with E-state index in [4.69, 9.17) is 0 Å². The predicted octanol–water partition coefficient (Wildman–Crippen LogP) is 9.28. The molecule has 0 N–H and O–H groups in total. The Morgan fingerprint density at radius 3 is 1.77 bits per heavy atom. The highest BCUT2D eigenvalue weighted by Gasteiger charge is 2.31. The Kier molecular flexibility index (Phi) is 5.31. The maximum Gasteiger partial charge on any atom is 0.0575 e. The molecule has 0 atom stereocenters. The van der Waals surface area contributed by atoms with Crippen molar-refractivity contribution in [3.05, 3.63) is 144 Å². The predicted molar refractivity (Wildman–Crippen MR) is 151 cm³/mol. The van der Waals surface area contributed by atoms with E-state index >= 15 is 0 Å². The van der Waals surface area contributed by atoms with Gasteiger partial charge in [0.25, 0.3) is 0 Å². The maximum absolute atomic E-state index is 2.47. The lowest BCUT2D eigenvalue weighted by Crippen LogP contribution is -2.25. The lowest BCUT2D eigenvalue weighted by molar-refractivity contribution is 1.27. The minimum atomic E-state index is 1.18. The summed E-state index contributed by atoms with van der Waals surface area (Å²) in [6.07, 6.45) is 2.24. The molecule has 0 spiro atoms. The minimum Gasteiger partial charge on any atom is -0.309 e. The van der Waals surface area contributed by atoms with Gasteiger partial charge in [0.15, 0.2) is 0 Å². The molecule has 1 heteroatoms. The maximum atomic E-state index is 2.47. The normalized spacial score (nSPS) is 14.5. The second kappa shape index (κ2) is 8.77. The third-order valence-electron chi connectivity index (χ3n) is 6.95. The molecule has 0 radical (unpaired) electrons. The van der Waals surface area contributed by atoms with Crippen LogP contribution in [0.15, 0.2) is 127 Å². The first-order valence-electron chi connectivity index (χ1n) is 12.2. The number of nitrogens with zero attached hydrogens (tertiary/aromatic N) is 1. The van der Waals surface area contributed by atoms with Crippen molar-refractivity contribution in [2.75, 3.05) is 4.90 Å². The Hall–Kier alpha value is -4.36. The summed E-state index contributed by atoms with van der Waals surface area (Å²) in [5.74, 6) is 0. The SMILES string of the molecule is C/C=C(/c1ccccc1)N1/C(=C(\C)c2ccccc2)c2ccccc2-c2cc3ccccc3cc21. The van der Waals surface area contributed by atoms with Crippen LogP contribution in [-0.2, 0) is 0 Å². The number of anilines is 1. The van der Waals surface area contributed by atoms with E-state index < -0.39 is 0 Å². The standard InChI is InChI=1S/C34H27N/c1-3-32(26-16-8-5-9-17-26)35-33-23-28-19-11-10-18-27(28)22-31(33)29-20-12-13-21-30(29)34(35)24(2)25-14-6-4-7-15-25/h3-23H,1-2H3/b32-3-,34-24+. The number of hydrogen-bond acceptors (Lipinski definition) is 1. The third kappa shape index (κ3) is 3.57. The second-order valence-corrected chi connectivity index (χ2v) is 8.98. The van der Waals surface area contributed by atoms with E-state index in [1.54, 1.807) is 0 Å². The van der Waals surface area contributed by atoms with Gasteiger partial charge < -0.3 is 4.90 Å². The highest BCUT2D eigenvalue weighted by Crippen LogP contribution is 2.51. The van der Waals surface area contributed by atoms with Gasteiger partial charge in [-0.05, 0) is 59.0 Å². The summed E-state index contributed by atoms with van der Waals surface area (Å²) in [5.41, 5.74) is 11.1. The van der Waals surface area contributed by atoms with Crippen LogP contribution in [-0.4, -0.2) is 0 Å².